The Morgan fingerprint density at radius 2 is 1.62 bits per heavy atom. The summed E-state index contributed by atoms with van der Waals surface area (Å²) in [6.45, 7) is 3.06. The first-order valence-corrected chi connectivity index (χ1v) is 9.56. The topological polar surface area (TPSA) is 79.0 Å². The van der Waals surface area contributed by atoms with Crippen molar-refractivity contribution < 1.29 is 19.1 Å². The minimum absolute atomic E-state index is 0.135. The summed E-state index contributed by atoms with van der Waals surface area (Å²) in [5, 5.41) is 3.13. The zero-order valence-electron chi connectivity index (χ0n) is 16.3. The molecule has 3 amide bonds. The SMILES string of the molecule is COc1ccc(Cl)cc1C(=O)N1CCN(C(=O)c2cccc(NC(C)=O)c2)CC1. The third-order valence-corrected chi connectivity index (χ3v) is 4.91. The molecule has 0 atom stereocenters. The Bertz CT molecular complexity index is 939. The Balaban J connectivity index is 1.66. The highest BCUT2D eigenvalue weighted by Gasteiger charge is 2.27. The van der Waals surface area contributed by atoms with Gasteiger partial charge >= 0.3 is 0 Å². The second-order valence-electron chi connectivity index (χ2n) is 6.69. The van der Waals surface area contributed by atoms with Gasteiger partial charge in [-0.2, -0.15) is 0 Å². The number of nitrogens with one attached hydrogen (secondary N) is 1. The maximum atomic E-state index is 12.9. The molecule has 152 valence electrons. The van der Waals surface area contributed by atoms with Gasteiger partial charge < -0.3 is 19.9 Å². The van der Waals surface area contributed by atoms with E-state index in [9.17, 15) is 14.4 Å². The second kappa shape index (κ2) is 8.96. The van der Waals surface area contributed by atoms with Crippen LogP contribution in [0, 0.1) is 0 Å². The molecule has 0 spiro atoms. The van der Waals surface area contributed by atoms with Crippen LogP contribution in [0.4, 0.5) is 5.69 Å². The number of benzene rings is 2. The summed E-state index contributed by atoms with van der Waals surface area (Å²) < 4.78 is 5.27. The highest BCUT2D eigenvalue weighted by atomic mass is 35.5. The Morgan fingerprint density at radius 3 is 2.24 bits per heavy atom. The maximum absolute atomic E-state index is 12.9. The molecule has 3 rings (SSSR count). The van der Waals surface area contributed by atoms with E-state index in [1.165, 1.54) is 14.0 Å². The Hall–Kier alpha value is -3.06. The first kappa shape index (κ1) is 20.7. The molecule has 0 radical (unpaired) electrons. The molecule has 1 aliphatic heterocycles. The molecule has 0 saturated carbocycles. The van der Waals surface area contributed by atoms with Crippen molar-refractivity contribution in [3.8, 4) is 5.75 Å². The van der Waals surface area contributed by atoms with Crippen molar-refractivity contribution in [2.75, 3.05) is 38.6 Å². The molecule has 1 saturated heterocycles. The fraction of sp³-hybridized carbons (Fsp3) is 0.286. The highest BCUT2D eigenvalue weighted by molar-refractivity contribution is 6.31. The maximum Gasteiger partial charge on any atom is 0.257 e. The minimum atomic E-state index is -0.196. The average Bonchev–Trinajstić information content (AvgIpc) is 2.72. The van der Waals surface area contributed by atoms with Crippen molar-refractivity contribution in [3.63, 3.8) is 0 Å². The summed E-state index contributed by atoms with van der Waals surface area (Å²) in [7, 11) is 1.51. The van der Waals surface area contributed by atoms with Gasteiger partial charge in [-0.3, -0.25) is 14.4 Å². The van der Waals surface area contributed by atoms with Gasteiger partial charge in [0.2, 0.25) is 5.91 Å². The minimum Gasteiger partial charge on any atom is -0.496 e. The number of rotatable bonds is 4. The van der Waals surface area contributed by atoms with E-state index in [0.717, 1.165) is 0 Å². The molecule has 1 fully saturated rings. The van der Waals surface area contributed by atoms with E-state index in [2.05, 4.69) is 5.32 Å². The van der Waals surface area contributed by atoms with Crippen molar-refractivity contribution in [1.82, 2.24) is 9.80 Å². The van der Waals surface area contributed by atoms with E-state index >= 15 is 0 Å². The zero-order valence-corrected chi connectivity index (χ0v) is 17.0. The van der Waals surface area contributed by atoms with Crippen molar-refractivity contribution in [2.24, 2.45) is 0 Å². The van der Waals surface area contributed by atoms with Gasteiger partial charge in [0.05, 0.1) is 12.7 Å². The van der Waals surface area contributed by atoms with Crippen LogP contribution in [0.5, 0.6) is 5.75 Å². The van der Waals surface area contributed by atoms with E-state index in [0.29, 0.717) is 53.8 Å². The van der Waals surface area contributed by atoms with Crippen molar-refractivity contribution in [1.29, 1.82) is 0 Å². The molecule has 29 heavy (non-hydrogen) atoms. The van der Waals surface area contributed by atoms with Crippen LogP contribution in [0.25, 0.3) is 0 Å². The molecule has 0 aromatic heterocycles. The number of ether oxygens (including phenoxy) is 1. The quantitative estimate of drug-likeness (QED) is 0.832. The molecule has 2 aromatic rings. The predicted octanol–water partition coefficient (Wildman–Crippen LogP) is 2.91. The average molecular weight is 416 g/mol. The van der Waals surface area contributed by atoms with E-state index in [1.54, 1.807) is 52.3 Å². The van der Waals surface area contributed by atoms with E-state index < -0.39 is 0 Å². The van der Waals surface area contributed by atoms with Crippen LogP contribution in [0.2, 0.25) is 5.02 Å². The second-order valence-corrected chi connectivity index (χ2v) is 7.13. The third kappa shape index (κ3) is 4.86. The number of halogens is 1. The molecule has 2 aromatic carbocycles. The summed E-state index contributed by atoms with van der Waals surface area (Å²) in [6, 6.07) is 11.7. The number of carbonyl (C=O) groups excluding carboxylic acids is 3. The van der Waals surface area contributed by atoms with Crippen LogP contribution in [-0.2, 0) is 4.79 Å². The van der Waals surface area contributed by atoms with Crippen LogP contribution in [0.1, 0.15) is 27.6 Å². The molecule has 0 bridgehead atoms. The number of hydrogen-bond acceptors (Lipinski definition) is 4. The largest absolute Gasteiger partial charge is 0.496 e. The first-order valence-electron chi connectivity index (χ1n) is 9.19. The monoisotopic (exact) mass is 415 g/mol. The van der Waals surface area contributed by atoms with Crippen LogP contribution >= 0.6 is 11.6 Å². The molecule has 1 N–H and O–H groups in total. The first-order chi connectivity index (χ1) is 13.9. The third-order valence-electron chi connectivity index (χ3n) is 4.68. The number of methoxy groups -OCH3 is 1. The smallest absolute Gasteiger partial charge is 0.257 e. The van der Waals surface area contributed by atoms with Crippen molar-refractivity contribution >= 4 is 35.0 Å². The van der Waals surface area contributed by atoms with Crippen LogP contribution in [0.3, 0.4) is 0 Å². The summed E-state index contributed by atoms with van der Waals surface area (Å²) in [5.74, 6) is -0.0420. The Labute approximate surface area is 174 Å². The molecule has 1 aliphatic rings. The van der Waals surface area contributed by atoms with Crippen LogP contribution in [0.15, 0.2) is 42.5 Å². The summed E-state index contributed by atoms with van der Waals surface area (Å²) in [4.78, 5) is 40.3. The van der Waals surface area contributed by atoms with Crippen molar-refractivity contribution in [3.05, 3.63) is 58.6 Å². The Morgan fingerprint density at radius 1 is 0.966 bits per heavy atom. The van der Waals surface area contributed by atoms with E-state index in [4.69, 9.17) is 16.3 Å². The van der Waals surface area contributed by atoms with E-state index in [-0.39, 0.29) is 17.7 Å². The number of hydrogen-bond donors (Lipinski definition) is 1. The standard InChI is InChI=1S/C21H22ClN3O4/c1-14(26)23-17-5-3-4-15(12-17)20(27)24-8-10-25(11-9-24)21(28)18-13-16(22)6-7-19(18)29-2/h3-7,12-13H,8-11H2,1-2H3,(H,23,26). The lowest BCUT2D eigenvalue weighted by Crippen LogP contribution is -2.50. The lowest BCUT2D eigenvalue weighted by molar-refractivity contribution is -0.114. The molecular weight excluding hydrogens is 394 g/mol. The van der Waals surface area contributed by atoms with Gasteiger partial charge in [0.25, 0.3) is 11.8 Å². The number of amides is 3. The van der Waals surface area contributed by atoms with Gasteiger partial charge in [-0.25, -0.2) is 0 Å². The summed E-state index contributed by atoms with van der Waals surface area (Å²) in [5.41, 5.74) is 1.47. The lowest BCUT2D eigenvalue weighted by atomic mass is 10.1. The fourth-order valence-electron chi connectivity index (χ4n) is 3.25. The highest BCUT2D eigenvalue weighted by Crippen LogP contribution is 2.25. The van der Waals surface area contributed by atoms with Gasteiger partial charge in [0.1, 0.15) is 5.75 Å². The van der Waals surface area contributed by atoms with Gasteiger partial charge in [-0.05, 0) is 36.4 Å². The van der Waals surface area contributed by atoms with Gasteiger partial charge in [-0.1, -0.05) is 17.7 Å². The number of nitrogens with zero attached hydrogens (tertiary/aromatic N) is 2. The number of carbonyl (C=O) groups is 3. The zero-order chi connectivity index (χ0) is 21.0. The van der Waals surface area contributed by atoms with Gasteiger partial charge in [0, 0.05) is 49.4 Å². The Kier molecular flexibility index (Phi) is 6.39. The molecule has 7 nitrogen and oxygen atoms in total. The normalized spacial score (nSPS) is 13.8. The molecule has 0 unspecified atom stereocenters. The predicted molar refractivity (Wildman–Crippen MR) is 111 cm³/mol. The lowest BCUT2D eigenvalue weighted by Gasteiger charge is -2.35. The molecular formula is C21H22ClN3O4. The number of anilines is 1. The van der Waals surface area contributed by atoms with Gasteiger partial charge in [-0.15, -0.1) is 0 Å². The van der Waals surface area contributed by atoms with Crippen LogP contribution < -0.4 is 10.1 Å². The summed E-state index contributed by atoms with van der Waals surface area (Å²) >= 11 is 6.03. The molecule has 0 aliphatic carbocycles. The molecule has 8 heteroatoms. The molecule has 1 heterocycles. The van der Waals surface area contributed by atoms with Gasteiger partial charge in [0.15, 0.2) is 0 Å². The van der Waals surface area contributed by atoms with Crippen LogP contribution in [-0.4, -0.2) is 60.8 Å². The fourth-order valence-corrected chi connectivity index (χ4v) is 3.42. The number of piperazine rings is 1. The van der Waals surface area contributed by atoms with Crippen molar-refractivity contribution in [2.45, 2.75) is 6.92 Å². The van der Waals surface area contributed by atoms with E-state index in [1.807, 2.05) is 0 Å². The summed E-state index contributed by atoms with van der Waals surface area (Å²) in [6.07, 6.45) is 0.